The van der Waals surface area contributed by atoms with Crippen molar-refractivity contribution in [2.75, 3.05) is 12.9 Å². The van der Waals surface area contributed by atoms with E-state index in [9.17, 15) is 13.6 Å². The first-order chi connectivity index (χ1) is 11.0. The Morgan fingerprint density at radius 1 is 1.00 bits per heavy atom. The van der Waals surface area contributed by atoms with Crippen LogP contribution < -0.4 is 0 Å². The Balaban J connectivity index is 2.14. The Morgan fingerprint density at radius 2 is 1.57 bits per heavy atom. The Kier molecular flexibility index (Phi) is 5.93. The van der Waals surface area contributed by atoms with Crippen molar-refractivity contribution < 1.29 is 18.3 Å². The first kappa shape index (κ1) is 17.2. The molecule has 0 N–H and O–H groups in total. The van der Waals surface area contributed by atoms with Gasteiger partial charge in [-0.3, -0.25) is 0 Å². The summed E-state index contributed by atoms with van der Waals surface area (Å²) >= 11 is 1.35. The topological polar surface area (TPSA) is 26.3 Å². The fraction of sp³-hybridized carbons (Fsp3) is 0.167. The summed E-state index contributed by atoms with van der Waals surface area (Å²) < 4.78 is 31.1. The lowest BCUT2D eigenvalue weighted by atomic mass is 10.1. The largest absolute Gasteiger partial charge is 0.465 e. The average molecular weight is 334 g/mol. The van der Waals surface area contributed by atoms with E-state index in [1.165, 1.54) is 43.1 Å². The summed E-state index contributed by atoms with van der Waals surface area (Å²) in [7, 11) is 1.28. The fourth-order valence-corrected chi connectivity index (χ4v) is 2.88. The third-order valence-corrected chi connectivity index (χ3v) is 4.33. The molecule has 0 spiro atoms. The minimum Gasteiger partial charge on any atom is -0.465 e. The van der Waals surface area contributed by atoms with Crippen LogP contribution in [0.4, 0.5) is 8.78 Å². The van der Waals surface area contributed by atoms with Crippen molar-refractivity contribution in [3.63, 3.8) is 0 Å². The number of rotatable bonds is 5. The molecule has 5 heteroatoms. The fourth-order valence-electron chi connectivity index (χ4n) is 1.96. The third-order valence-electron chi connectivity index (χ3n) is 3.29. The van der Waals surface area contributed by atoms with Crippen molar-refractivity contribution >= 4 is 23.3 Å². The second-order valence-corrected chi connectivity index (χ2v) is 5.96. The van der Waals surface area contributed by atoms with E-state index < -0.39 is 12.0 Å². The van der Waals surface area contributed by atoms with Gasteiger partial charge in [-0.1, -0.05) is 29.8 Å². The normalized spacial score (nSPS) is 10.3. The summed E-state index contributed by atoms with van der Waals surface area (Å²) in [5.41, 5.74) is 1.82. The second kappa shape index (κ2) is 7.92. The van der Waals surface area contributed by atoms with E-state index in [-0.39, 0.29) is 11.3 Å². The first-order valence-electron chi connectivity index (χ1n) is 6.93. The van der Waals surface area contributed by atoms with Gasteiger partial charge < -0.3 is 4.74 Å². The number of esters is 1. The first-order valence-corrected chi connectivity index (χ1v) is 7.92. The lowest BCUT2D eigenvalue weighted by molar-refractivity contribution is 0.0600. The quantitative estimate of drug-likeness (QED) is 0.556. The van der Waals surface area contributed by atoms with E-state index in [0.717, 1.165) is 10.5 Å². The predicted molar refractivity (Wildman–Crippen MR) is 88.8 cm³/mol. The molecule has 0 aromatic heterocycles. The highest BCUT2D eigenvalue weighted by Crippen LogP contribution is 2.29. The van der Waals surface area contributed by atoms with Crippen LogP contribution in [-0.4, -0.2) is 18.8 Å². The lowest BCUT2D eigenvalue weighted by Gasteiger charge is -2.08. The molecule has 2 aromatic rings. The zero-order valence-corrected chi connectivity index (χ0v) is 13.6. The number of carbonyl (C=O) groups excluding carboxylic acids is 1. The van der Waals surface area contributed by atoms with Crippen molar-refractivity contribution in [1.82, 2.24) is 0 Å². The summed E-state index contributed by atoms with van der Waals surface area (Å²) in [6, 6.07) is 13.7. The summed E-state index contributed by atoms with van der Waals surface area (Å²) in [5, 5.41) is 0. The maximum absolute atomic E-state index is 13.3. The van der Waals surface area contributed by atoms with Gasteiger partial charge in [-0.2, -0.15) is 8.78 Å². The number of halogens is 2. The minimum atomic E-state index is -1.71. The van der Waals surface area contributed by atoms with Gasteiger partial charge in [0.2, 0.25) is 0 Å². The molecule has 0 unspecified atom stereocenters. The molecule has 0 aliphatic heterocycles. The van der Waals surface area contributed by atoms with Crippen LogP contribution in [0.3, 0.4) is 0 Å². The summed E-state index contributed by atoms with van der Waals surface area (Å²) in [5.74, 6) is -0.333. The predicted octanol–water partition coefficient (Wildman–Crippen LogP) is 5.18. The van der Waals surface area contributed by atoms with Crippen molar-refractivity contribution in [3.8, 4) is 0 Å². The number of ether oxygens (including phenoxy) is 1. The summed E-state index contributed by atoms with van der Waals surface area (Å²) in [4.78, 5) is 12.3. The Bertz CT molecular complexity index is 703. The highest BCUT2D eigenvalue weighted by molar-refractivity contribution is 7.99. The second-order valence-electron chi connectivity index (χ2n) is 4.91. The van der Waals surface area contributed by atoms with Crippen molar-refractivity contribution in [2.45, 2.75) is 11.8 Å². The summed E-state index contributed by atoms with van der Waals surface area (Å²) in [6.07, 6.45) is -1.71. The van der Waals surface area contributed by atoms with Gasteiger partial charge in [-0.05, 0) is 36.8 Å². The zero-order valence-electron chi connectivity index (χ0n) is 12.8. The molecule has 2 aromatic carbocycles. The van der Waals surface area contributed by atoms with Gasteiger partial charge in [0, 0.05) is 16.2 Å². The Hall–Kier alpha value is -2.14. The standard InChI is InChI=1S/C18H16F2O2S/c1-12-3-9-15(10-4-12)23-11-16(17(19)20)13-5-7-14(8-6-13)18(21)22-2/h3-10H,11H2,1-2H3. The number of benzene rings is 2. The van der Waals surface area contributed by atoms with Gasteiger partial charge in [-0.15, -0.1) is 11.8 Å². The van der Waals surface area contributed by atoms with E-state index in [0.29, 0.717) is 11.1 Å². The van der Waals surface area contributed by atoms with Gasteiger partial charge in [-0.25, -0.2) is 4.79 Å². The highest BCUT2D eigenvalue weighted by Gasteiger charge is 2.12. The summed E-state index contributed by atoms with van der Waals surface area (Å²) in [6.45, 7) is 1.98. The maximum atomic E-state index is 13.3. The van der Waals surface area contributed by atoms with Gasteiger partial charge in [0.05, 0.1) is 12.7 Å². The molecule has 0 amide bonds. The molecule has 0 radical (unpaired) electrons. The van der Waals surface area contributed by atoms with Crippen LogP contribution in [-0.2, 0) is 4.74 Å². The molecule has 0 saturated carbocycles. The molecule has 0 atom stereocenters. The van der Waals surface area contributed by atoms with Gasteiger partial charge in [0.15, 0.2) is 0 Å². The number of thioether (sulfide) groups is 1. The van der Waals surface area contributed by atoms with Crippen LogP contribution in [0.2, 0.25) is 0 Å². The SMILES string of the molecule is COC(=O)c1ccc(C(CSc2ccc(C)cc2)=C(F)F)cc1. The molecule has 0 saturated heterocycles. The Morgan fingerprint density at radius 3 is 2.09 bits per heavy atom. The molecule has 0 aliphatic carbocycles. The Labute approximate surface area is 138 Å². The van der Waals surface area contributed by atoms with Crippen LogP contribution >= 0.6 is 11.8 Å². The van der Waals surface area contributed by atoms with Crippen LogP contribution in [0.5, 0.6) is 0 Å². The highest BCUT2D eigenvalue weighted by atomic mass is 32.2. The minimum absolute atomic E-state index is 0.0352. The lowest BCUT2D eigenvalue weighted by Crippen LogP contribution is -2.01. The third kappa shape index (κ3) is 4.66. The van der Waals surface area contributed by atoms with Crippen LogP contribution in [0.15, 0.2) is 59.5 Å². The molecule has 120 valence electrons. The molecule has 2 rings (SSSR count). The smallest absolute Gasteiger partial charge is 0.337 e. The molecule has 0 heterocycles. The number of carbonyl (C=O) groups is 1. The van der Waals surface area contributed by atoms with Gasteiger partial charge in [0.25, 0.3) is 6.08 Å². The molecular formula is C18H16F2O2S. The van der Waals surface area contributed by atoms with Crippen molar-refractivity contribution in [3.05, 3.63) is 71.3 Å². The van der Waals surface area contributed by atoms with E-state index >= 15 is 0 Å². The van der Waals surface area contributed by atoms with Crippen LogP contribution in [0, 0.1) is 6.92 Å². The monoisotopic (exact) mass is 334 g/mol. The van der Waals surface area contributed by atoms with Crippen molar-refractivity contribution in [2.24, 2.45) is 0 Å². The molecule has 2 nitrogen and oxygen atoms in total. The maximum Gasteiger partial charge on any atom is 0.337 e. The average Bonchev–Trinajstić information content (AvgIpc) is 2.56. The van der Waals surface area contributed by atoms with Crippen LogP contribution in [0.1, 0.15) is 21.5 Å². The van der Waals surface area contributed by atoms with E-state index in [1.54, 1.807) is 0 Å². The van der Waals surface area contributed by atoms with E-state index in [4.69, 9.17) is 0 Å². The van der Waals surface area contributed by atoms with Gasteiger partial charge >= 0.3 is 5.97 Å². The number of methoxy groups -OCH3 is 1. The number of hydrogen-bond donors (Lipinski definition) is 0. The number of hydrogen-bond acceptors (Lipinski definition) is 3. The molecule has 0 fully saturated rings. The van der Waals surface area contributed by atoms with Gasteiger partial charge in [0.1, 0.15) is 0 Å². The number of aryl methyl sites for hydroxylation is 1. The van der Waals surface area contributed by atoms with Crippen molar-refractivity contribution in [1.29, 1.82) is 0 Å². The molecule has 23 heavy (non-hydrogen) atoms. The molecular weight excluding hydrogens is 318 g/mol. The molecule has 0 bridgehead atoms. The van der Waals surface area contributed by atoms with E-state index in [2.05, 4.69) is 4.74 Å². The zero-order chi connectivity index (χ0) is 16.8. The van der Waals surface area contributed by atoms with Crippen LogP contribution in [0.25, 0.3) is 5.57 Å². The molecule has 0 aliphatic rings. The van der Waals surface area contributed by atoms with E-state index in [1.807, 2.05) is 31.2 Å².